The van der Waals surface area contributed by atoms with E-state index in [9.17, 15) is 0 Å². The van der Waals surface area contributed by atoms with E-state index in [4.69, 9.17) is 87.9 Å². The zero-order valence-electron chi connectivity index (χ0n) is 49.7. The molecular formula is C64H80Cl2GeN8O8. The van der Waals surface area contributed by atoms with Gasteiger partial charge in [-0.1, -0.05) is 0 Å². The average molecular weight is 1230 g/mol. The standard InChI is InChI=1S/C64H80Cl2GeN8O8/c1-9-17-25-76-49-33-41-42(34-50(49)77-26-18-10-2)58-68-57(41)70-61-45-37-53(80-29-21-13-5)54(81-30-22-14-6)38-46(45)63-72-59-43-35-51(78-27-19-11-3)52(79-28-20-12-4)36-44(43)60(69-59)73-64-48-40-56(83-32-24-16-8)55(82-31-23-15-7)39-47(48)62(71-58)75(64)67(65,66)74(61)63/h33-40H,9-32H2,1-8H3. The van der Waals surface area contributed by atoms with Gasteiger partial charge in [0.15, 0.2) is 0 Å². The van der Waals surface area contributed by atoms with Crippen molar-refractivity contribution in [3.8, 4) is 46.0 Å². The first kappa shape index (κ1) is 59.9. The van der Waals surface area contributed by atoms with Crippen LogP contribution >= 0.6 is 20.0 Å². The summed E-state index contributed by atoms with van der Waals surface area (Å²) >= 11 is -5.24. The van der Waals surface area contributed by atoms with Gasteiger partial charge in [0, 0.05) is 0 Å². The molecule has 6 heterocycles. The van der Waals surface area contributed by atoms with Crippen molar-refractivity contribution in [3.63, 3.8) is 0 Å². The number of fused-ring (bicyclic) bond motifs is 14. The number of halogens is 2. The Balaban J connectivity index is 1.38. The Bertz CT molecular complexity index is 3390. The number of unbranched alkanes of at least 4 members (excludes halogenated alkanes) is 8. The Labute approximate surface area is 499 Å². The molecule has 83 heavy (non-hydrogen) atoms. The Morgan fingerprint density at radius 3 is 0.783 bits per heavy atom. The predicted octanol–water partition coefficient (Wildman–Crippen LogP) is 15.3. The molecule has 2 aromatic heterocycles. The second-order valence-electron chi connectivity index (χ2n) is 21.4. The summed E-state index contributed by atoms with van der Waals surface area (Å²) < 4.78 is 56.7. The first-order valence-electron chi connectivity index (χ1n) is 30.6. The van der Waals surface area contributed by atoms with Crippen LogP contribution in [0.3, 0.4) is 0 Å². The molecule has 4 aliphatic heterocycles. The van der Waals surface area contributed by atoms with E-state index in [0.717, 1.165) is 103 Å². The second kappa shape index (κ2) is 27.6. The molecule has 19 heteroatoms. The van der Waals surface area contributed by atoms with Gasteiger partial charge in [0.2, 0.25) is 0 Å². The molecule has 0 saturated heterocycles. The number of aromatic nitrogens is 2. The Hall–Kier alpha value is -6.24. The molecule has 0 unspecified atom stereocenters. The van der Waals surface area contributed by atoms with Crippen molar-refractivity contribution < 1.29 is 37.9 Å². The van der Waals surface area contributed by atoms with E-state index in [0.29, 0.717) is 189 Å². The molecule has 10 rings (SSSR count). The molecule has 0 amide bonds. The Morgan fingerprint density at radius 1 is 0.301 bits per heavy atom. The first-order chi connectivity index (χ1) is 40.6. The Morgan fingerprint density at radius 2 is 0.530 bits per heavy atom. The minimum absolute atomic E-state index is 0.384. The molecular weight excluding hydrogens is 1150 g/mol. The van der Waals surface area contributed by atoms with Gasteiger partial charge in [-0.25, -0.2) is 0 Å². The SMILES string of the molecule is CCCCOc1cc2c(cc1OCCCC)C1=Nc3c4cc(OCCCC)c(OCCCC)cc4c4[n]3[Ge]([Cl])([Cl])[n]3c(c5cc(OCCCC)c(OCCCC)cc5c3=NC3=NC(=N4)c4cc(OCCCC)c(OCCCC)cc43)=NC2=N1. The third kappa shape index (κ3) is 12.5. The van der Waals surface area contributed by atoms with Gasteiger partial charge >= 0.3 is 502 Å². The fourth-order valence-electron chi connectivity index (χ4n) is 10.2. The van der Waals surface area contributed by atoms with E-state index in [1.54, 1.807) is 0 Å². The van der Waals surface area contributed by atoms with Gasteiger partial charge in [-0.2, -0.15) is 0 Å². The maximum absolute atomic E-state index is 8.57. The Kier molecular flexibility index (Phi) is 20.0. The maximum atomic E-state index is 8.57. The quantitative estimate of drug-likeness (QED) is 0.0298. The van der Waals surface area contributed by atoms with Crippen LogP contribution in [0, 0.1) is 0 Å². The normalized spacial score (nSPS) is 14.2. The van der Waals surface area contributed by atoms with Gasteiger partial charge in [-0.05, 0) is 0 Å². The average Bonchev–Trinajstić information content (AvgIpc) is 2.31. The van der Waals surface area contributed by atoms with Gasteiger partial charge in [0.25, 0.3) is 0 Å². The van der Waals surface area contributed by atoms with Crippen LogP contribution in [0.1, 0.15) is 180 Å². The minimum atomic E-state index is -5.24. The molecule has 4 aliphatic rings. The number of aliphatic imine (C=N–C) groups is 4. The molecule has 16 nitrogen and oxygen atoms in total. The molecule has 0 spiro atoms. The molecule has 0 N–H and O–H groups in total. The molecule has 6 aromatic rings. The van der Waals surface area contributed by atoms with Crippen LogP contribution in [0.15, 0.2) is 78.5 Å². The molecule has 4 aromatic carbocycles. The van der Waals surface area contributed by atoms with Crippen molar-refractivity contribution in [1.82, 2.24) is 7.05 Å². The fourth-order valence-corrected chi connectivity index (χ4v) is 17.5. The van der Waals surface area contributed by atoms with Crippen molar-refractivity contribution in [1.29, 1.82) is 0 Å². The van der Waals surface area contributed by atoms with Crippen LogP contribution in [0.2, 0.25) is 0 Å². The number of amidine groups is 4. The van der Waals surface area contributed by atoms with Gasteiger partial charge in [-0.15, -0.1) is 0 Å². The summed E-state index contributed by atoms with van der Waals surface area (Å²) in [6, 6.07) is 15.9. The monoisotopic (exact) mass is 1230 g/mol. The molecule has 0 atom stereocenters. The van der Waals surface area contributed by atoms with Crippen LogP contribution in [0.25, 0.3) is 21.5 Å². The fraction of sp³-hybridized carbons (Fsp3) is 0.500. The van der Waals surface area contributed by atoms with Crippen molar-refractivity contribution in [2.24, 2.45) is 30.0 Å². The summed E-state index contributed by atoms with van der Waals surface area (Å²) in [4.78, 5) is 33.3. The molecule has 0 radical (unpaired) electrons. The summed E-state index contributed by atoms with van der Waals surface area (Å²) in [5.74, 6) is 7.01. The molecule has 0 aliphatic carbocycles. The van der Waals surface area contributed by atoms with E-state index >= 15 is 0 Å². The summed E-state index contributed by atoms with van der Waals surface area (Å²) in [7, 11) is 17.1. The van der Waals surface area contributed by atoms with E-state index in [2.05, 4.69) is 55.4 Å². The van der Waals surface area contributed by atoms with Crippen molar-refractivity contribution >= 4 is 88.4 Å². The summed E-state index contributed by atoms with van der Waals surface area (Å²) in [6.07, 6.45) is 14.5. The van der Waals surface area contributed by atoms with Crippen molar-refractivity contribution in [2.75, 3.05) is 52.9 Å². The van der Waals surface area contributed by atoms with Crippen molar-refractivity contribution in [2.45, 2.75) is 158 Å². The van der Waals surface area contributed by atoms with E-state index in [-0.39, 0.29) is 0 Å². The van der Waals surface area contributed by atoms with Gasteiger partial charge in [0.05, 0.1) is 0 Å². The second-order valence-corrected chi connectivity index (χ2v) is 31.9. The van der Waals surface area contributed by atoms with Crippen LogP contribution in [0.4, 0.5) is 11.6 Å². The number of rotatable bonds is 32. The number of hydrogen-bond acceptors (Lipinski definition) is 14. The molecule has 0 fully saturated rings. The molecule has 6 bridgehead atoms. The number of benzene rings is 4. The van der Waals surface area contributed by atoms with Crippen LogP contribution in [-0.2, 0) is 0 Å². The first-order valence-corrected chi connectivity index (χ1v) is 38.0. The topological polar surface area (TPSA) is 158 Å². The zero-order chi connectivity index (χ0) is 58.0. The third-order valence-corrected chi connectivity index (χ3v) is 22.5. The number of nitrogens with zero attached hydrogens (tertiary/aromatic N) is 8. The molecule has 0 saturated carbocycles. The van der Waals surface area contributed by atoms with Crippen LogP contribution in [0.5, 0.6) is 46.0 Å². The van der Waals surface area contributed by atoms with Gasteiger partial charge in [-0.3, -0.25) is 0 Å². The molecule has 442 valence electrons. The third-order valence-electron chi connectivity index (χ3n) is 15.0. The van der Waals surface area contributed by atoms with E-state index < -0.39 is 11.9 Å². The van der Waals surface area contributed by atoms with E-state index in [1.165, 1.54) is 0 Å². The summed E-state index contributed by atoms with van der Waals surface area (Å²) in [5, 5.41) is 2.68. The zero-order valence-corrected chi connectivity index (χ0v) is 53.3. The number of hydrogen-bond donors (Lipinski definition) is 0. The van der Waals surface area contributed by atoms with E-state index in [1.807, 2.05) is 55.6 Å². The van der Waals surface area contributed by atoms with Gasteiger partial charge < -0.3 is 0 Å². The number of ether oxygens (including phenoxy) is 8. The van der Waals surface area contributed by atoms with Crippen LogP contribution in [-0.4, -0.2) is 95.1 Å². The van der Waals surface area contributed by atoms with Crippen LogP contribution < -0.4 is 48.9 Å². The van der Waals surface area contributed by atoms with Crippen molar-refractivity contribution in [3.05, 3.63) is 81.8 Å². The predicted molar refractivity (Wildman–Crippen MR) is 336 cm³/mol. The summed E-state index contributed by atoms with van der Waals surface area (Å²) in [6.45, 7) is 21.1. The van der Waals surface area contributed by atoms with Gasteiger partial charge in [0.1, 0.15) is 0 Å². The summed E-state index contributed by atoms with van der Waals surface area (Å²) in [5.41, 5.74) is 3.64.